The second kappa shape index (κ2) is 7.07. The van der Waals surface area contributed by atoms with Crippen LogP contribution in [0.25, 0.3) is 0 Å². The van der Waals surface area contributed by atoms with E-state index < -0.39 is 31.3 Å². The van der Waals surface area contributed by atoms with Gasteiger partial charge < -0.3 is 10.8 Å². The Bertz CT molecular complexity index is 270. The molecule has 0 saturated heterocycles. The number of aliphatic hydroxyl groups is 1. The standard InChI is InChI=1S/C8H14F3N3O3/c9-8(10,11)5-14(3-4-15)2-1-6(16)13-7(12)17/h15H,1-5H2,(H3,12,13,16,17). The van der Waals surface area contributed by atoms with Gasteiger partial charge in [-0.3, -0.25) is 15.0 Å². The molecule has 6 nitrogen and oxygen atoms in total. The number of alkyl halides is 3. The van der Waals surface area contributed by atoms with Crippen molar-refractivity contribution in [1.29, 1.82) is 0 Å². The smallest absolute Gasteiger partial charge is 0.395 e. The Kier molecular flexibility index (Phi) is 6.51. The predicted octanol–water partition coefficient (Wildman–Crippen LogP) is -0.572. The summed E-state index contributed by atoms with van der Waals surface area (Å²) in [6.07, 6.45) is -4.71. The number of carbonyl (C=O) groups excluding carboxylic acids is 2. The van der Waals surface area contributed by atoms with Crippen molar-refractivity contribution in [2.75, 3.05) is 26.2 Å². The molecule has 0 heterocycles. The van der Waals surface area contributed by atoms with Crippen LogP contribution in [0, 0.1) is 0 Å². The molecule has 0 unspecified atom stereocenters. The predicted molar refractivity (Wildman–Crippen MR) is 51.9 cm³/mol. The van der Waals surface area contributed by atoms with E-state index in [1.165, 1.54) is 0 Å². The van der Waals surface area contributed by atoms with Gasteiger partial charge in [0.15, 0.2) is 0 Å². The minimum Gasteiger partial charge on any atom is -0.395 e. The summed E-state index contributed by atoms with van der Waals surface area (Å²) in [7, 11) is 0. The molecule has 0 spiro atoms. The van der Waals surface area contributed by atoms with Crippen molar-refractivity contribution in [3.8, 4) is 0 Å². The molecule has 0 radical (unpaired) electrons. The van der Waals surface area contributed by atoms with E-state index in [1.807, 2.05) is 0 Å². The number of urea groups is 1. The van der Waals surface area contributed by atoms with E-state index >= 15 is 0 Å². The van der Waals surface area contributed by atoms with Gasteiger partial charge in [0.05, 0.1) is 13.2 Å². The molecule has 4 N–H and O–H groups in total. The van der Waals surface area contributed by atoms with Gasteiger partial charge in [-0.1, -0.05) is 0 Å². The van der Waals surface area contributed by atoms with Gasteiger partial charge >= 0.3 is 12.2 Å². The molecule has 0 rings (SSSR count). The molecule has 0 aromatic heterocycles. The first kappa shape index (κ1) is 15.7. The normalized spacial score (nSPS) is 11.6. The lowest BCUT2D eigenvalue weighted by Crippen LogP contribution is -2.40. The first-order valence-corrected chi connectivity index (χ1v) is 4.74. The lowest BCUT2D eigenvalue weighted by atomic mass is 10.3. The Balaban J connectivity index is 4.08. The second-order valence-corrected chi connectivity index (χ2v) is 3.28. The molecular weight excluding hydrogens is 243 g/mol. The van der Waals surface area contributed by atoms with Crippen LogP contribution in [0.5, 0.6) is 0 Å². The lowest BCUT2D eigenvalue weighted by Gasteiger charge is -2.22. The highest BCUT2D eigenvalue weighted by atomic mass is 19.4. The first-order chi connectivity index (χ1) is 7.74. The minimum absolute atomic E-state index is 0.205. The summed E-state index contributed by atoms with van der Waals surface area (Å²) in [6.45, 7) is -2.10. The van der Waals surface area contributed by atoms with Crippen LogP contribution in [0.15, 0.2) is 0 Å². The van der Waals surface area contributed by atoms with Crippen LogP contribution in [0.1, 0.15) is 6.42 Å². The third-order valence-electron chi connectivity index (χ3n) is 1.74. The zero-order valence-corrected chi connectivity index (χ0v) is 8.96. The Morgan fingerprint density at radius 1 is 1.29 bits per heavy atom. The fraction of sp³-hybridized carbons (Fsp3) is 0.750. The zero-order chi connectivity index (χ0) is 13.5. The first-order valence-electron chi connectivity index (χ1n) is 4.74. The number of nitrogens with two attached hydrogens (primary N) is 1. The van der Waals surface area contributed by atoms with Crippen LogP contribution >= 0.6 is 0 Å². The topological polar surface area (TPSA) is 95.7 Å². The van der Waals surface area contributed by atoms with Gasteiger partial charge in [0.1, 0.15) is 0 Å². The van der Waals surface area contributed by atoms with E-state index in [1.54, 1.807) is 5.32 Å². The third-order valence-corrected chi connectivity index (χ3v) is 1.74. The van der Waals surface area contributed by atoms with E-state index in [0.717, 1.165) is 4.90 Å². The number of halogens is 3. The maximum absolute atomic E-state index is 12.1. The fourth-order valence-corrected chi connectivity index (χ4v) is 1.12. The molecule has 3 amide bonds. The van der Waals surface area contributed by atoms with E-state index in [4.69, 9.17) is 5.11 Å². The summed E-state index contributed by atoms with van der Waals surface area (Å²) in [6, 6.07) is -1.06. The molecule has 0 aliphatic heterocycles. The summed E-state index contributed by atoms with van der Waals surface area (Å²) in [5.41, 5.74) is 4.66. The molecule has 9 heteroatoms. The van der Waals surface area contributed by atoms with E-state index in [2.05, 4.69) is 5.73 Å². The zero-order valence-electron chi connectivity index (χ0n) is 8.96. The van der Waals surface area contributed by atoms with Crippen LogP contribution in [-0.2, 0) is 4.79 Å². The molecule has 0 aromatic rings. The highest BCUT2D eigenvalue weighted by Gasteiger charge is 2.30. The monoisotopic (exact) mass is 257 g/mol. The Morgan fingerprint density at radius 2 is 1.88 bits per heavy atom. The van der Waals surface area contributed by atoms with Crippen LogP contribution in [0.3, 0.4) is 0 Å². The highest BCUT2D eigenvalue weighted by Crippen LogP contribution is 2.16. The Morgan fingerprint density at radius 3 is 2.29 bits per heavy atom. The van der Waals surface area contributed by atoms with Crippen molar-refractivity contribution in [3.05, 3.63) is 0 Å². The maximum Gasteiger partial charge on any atom is 0.401 e. The van der Waals surface area contributed by atoms with Gasteiger partial charge in [0, 0.05) is 19.5 Å². The molecule has 0 atom stereocenters. The average molecular weight is 257 g/mol. The summed E-state index contributed by atoms with van der Waals surface area (Å²) in [5, 5.41) is 10.3. The van der Waals surface area contributed by atoms with Crippen molar-refractivity contribution >= 4 is 11.9 Å². The second-order valence-electron chi connectivity index (χ2n) is 3.28. The van der Waals surface area contributed by atoms with Crippen molar-refractivity contribution in [2.24, 2.45) is 5.73 Å². The molecule has 0 saturated carbocycles. The Hall–Kier alpha value is -1.35. The van der Waals surface area contributed by atoms with Gasteiger partial charge in [0.2, 0.25) is 5.91 Å². The number of hydrogen-bond acceptors (Lipinski definition) is 4. The summed E-state index contributed by atoms with van der Waals surface area (Å²) < 4.78 is 36.2. The van der Waals surface area contributed by atoms with Crippen molar-refractivity contribution in [1.82, 2.24) is 10.2 Å². The average Bonchev–Trinajstić information content (AvgIpc) is 2.11. The van der Waals surface area contributed by atoms with Gasteiger partial charge in [-0.05, 0) is 0 Å². The quantitative estimate of drug-likeness (QED) is 0.593. The highest BCUT2D eigenvalue weighted by molar-refractivity contribution is 5.93. The third kappa shape index (κ3) is 9.57. The number of rotatable bonds is 6. The number of primary amides is 1. The molecule has 17 heavy (non-hydrogen) atoms. The largest absolute Gasteiger partial charge is 0.401 e. The molecule has 0 bridgehead atoms. The molecular formula is C8H14F3N3O3. The van der Waals surface area contributed by atoms with E-state index in [9.17, 15) is 22.8 Å². The number of carbonyl (C=O) groups is 2. The lowest BCUT2D eigenvalue weighted by molar-refractivity contribution is -0.148. The summed E-state index contributed by atoms with van der Waals surface area (Å²) in [4.78, 5) is 22.1. The van der Waals surface area contributed by atoms with Crippen LogP contribution < -0.4 is 11.1 Å². The molecule has 100 valence electrons. The van der Waals surface area contributed by atoms with Crippen LogP contribution in [-0.4, -0.2) is 54.4 Å². The minimum atomic E-state index is -4.41. The van der Waals surface area contributed by atoms with Gasteiger partial charge in [0.25, 0.3) is 0 Å². The molecule has 0 fully saturated rings. The number of imide groups is 1. The van der Waals surface area contributed by atoms with Crippen LogP contribution in [0.2, 0.25) is 0 Å². The van der Waals surface area contributed by atoms with Crippen molar-refractivity contribution in [2.45, 2.75) is 12.6 Å². The molecule has 0 aliphatic rings. The number of amides is 3. The number of nitrogens with zero attached hydrogens (tertiary/aromatic N) is 1. The van der Waals surface area contributed by atoms with Crippen molar-refractivity contribution < 1.29 is 27.9 Å². The van der Waals surface area contributed by atoms with Gasteiger partial charge in [-0.2, -0.15) is 13.2 Å². The van der Waals surface area contributed by atoms with Gasteiger partial charge in [-0.25, -0.2) is 4.79 Å². The van der Waals surface area contributed by atoms with Gasteiger partial charge in [-0.15, -0.1) is 0 Å². The van der Waals surface area contributed by atoms with Crippen LogP contribution in [0.4, 0.5) is 18.0 Å². The summed E-state index contributed by atoms with van der Waals surface area (Å²) in [5.74, 6) is -0.761. The van der Waals surface area contributed by atoms with E-state index in [-0.39, 0.29) is 19.5 Å². The number of nitrogens with one attached hydrogen (secondary N) is 1. The fourth-order valence-electron chi connectivity index (χ4n) is 1.12. The number of aliphatic hydroxyl groups excluding tert-OH is 1. The maximum atomic E-state index is 12.1. The Labute approximate surface area is 95.6 Å². The molecule has 0 aromatic carbocycles. The number of hydrogen-bond donors (Lipinski definition) is 3. The van der Waals surface area contributed by atoms with E-state index in [0.29, 0.717) is 0 Å². The molecule has 0 aliphatic carbocycles. The van der Waals surface area contributed by atoms with Crippen molar-refractivity contribution in [3.63, 3.8) is 0 Å². The summed E-state index contributed by atoms with van der Waals surface area (Å²) >= 11 is 0. The SMILES string of the molecule is NC(=O)NC(=O)CCN(CCO)CC(F)(F)F.